The van der Waals surface area contributed by atoms with Gasteiger partial charge in [0.1, 0.15) is 6.54 Å². The summed E-state index contributed by atoms with van der Waals surface area (Å²) in [5, 5.41) is 0. The Labute approximate surface area is 76.0 Å². The van der Waals surface area contributed by atoms with Gasteiger partial charge in [0.05, 0.1) is 7.11 Å². The van der Waals surface area contributed by atoms with Gasteiger partial charge >= 0.3 is 6.40 Å². The maximum atomic E-state index is 4.75. The van der Waals surface area contributed by atoms with Crippen molar-refractivity contribution in [3.8, 4) is 0 Å². The Kier molecular flexibility index (Phi) is 10.0. The van der Waals surface area contributed by atoms with Gasteiger partial charge in [-0.3, -0.25) is 0 Å². The van der Waals surface area contributed by atoms with Crippen LogP contribution in [0.4, 0.5) is 0 Å². The van der Waals surface area contributed by atoms with Crippen molar-refractivity contribution in [2.45, 2.75) is 45.4 Å². The molecule has 0 radical (unpaired) electrons. The fourth-order valence-electron chi connectivity index (χ4n) is 1.15. The van der Waals surface area contributed by atoms with Crippen LogP contribution < -0.4 is 4.99 Å². The van der Waals surface area contributed by atoms with Crippen LogP contribution in [0.25, 0.3) is 0 Å². The second-order valence-electron chi connectivity index (χ2n) is 3.08. The Hall–Kier alpha value is -0.530. The van der Waals surface area contributed by atoms with Gasteiger partial charge in [0.25, 0.3) is 0 Å². The summed E-state index contributed by atoms with van der Waals surface area (Å²) in [6.07, 6.45) is 9.72. The van der Waals surface area contributed by atoms with E-state index >= 15 is 0 Å². The van der Waals surface area contributed by atoms with Crippen LogP contribution in [0.15, 0.2) is 0 Å². The molecule has 12 heavy (non-hydrogen) atoms. The van der Waals surface area contributed by atoms with Gasteiger partial charge in [-0.2, -0.15) is 0 Å². The molecule has 0 bridgehead atoms. The third kappa shape index (κ3) is 9.47. The van der Waals surface area contributed by atoms with E-state index in [2.05, 4.69) is 11.9 Å². The molecule has 0 aliphatic heterocycles. The Morgan fingerprint density at radius 1 is 1.08 bits per heavy atom. The summed E-state index contributed by atoms with van der Waals surface area (Å²) >= 11 is 0. The van der Waals surface area contributed by atoms with Crippen LogP contribution in [0.5, 0.6) is 0 Å². The van der Waals surface area contributed by atoms with E-state index < -0.39 is 0 Å². The van der Waals surface area contributed by atoms with Crippen LogP contribution in [0.3, 0.4) is 0 Å². The van der Waals surface area contributed by atoms with Gasteiger partial charge in [0, 0.05) is 6.42 Å². The van der Waals surface area contributed by atoms with Gasteiger partial charge < -0.3 is 4.74 Å². The lowest BCUT2D eigenvalue weighted by atomic mass is 10.1. The van der Waals surface area contributed by atoms with Crippen molar-refractivity contribution in [2.75, 3.05) is 13.7 Å². The number of ether oxygens (including phenoxy) is 1. The van der Waals surface area contributed by atoms with E-state index in [-0.39, 0.29) is 0 Å². The second kappa shape index (κ2) is 10.5. The average Bonchev–Trinajstić information content (AvgIpc) is 2.10. The highest BCUT2D eigenvalue weighted by Gasteiger charge is 1.90. The number of hydrogen-bond donors (Lipinski definition) is 1. The van der Waals surface area contributed by atoms with E-state index in [1.165, 1.54) is 38.5 Å². The molecule has 0 saturated carbocycles. The SMILES string of the molecule is CCCCCCCC[NH+]=COC. The maximum Gasteiger partial charge on any atom is 0.321 e. The van der Waals surface area contributed by atoms with E-state index in [1.54, 1.807) is 13.5 Å². The fourth-order valence-corrected chi connectivity index (χ4v) is 1.15. The molecule has 2 heteroatoms. The zero-order valence-electron chi connectivity index (χ0n) is 8.44. The molecule has 0 spiro atoms. The average molecular weight is 172 g/mol. The van der Waals surface area contributed by atoms with Crippen molar-refractivity contribution in [2.24, 2.45) is 0 Å². The van der Waals surface area contributed by atoms with E-state index in [0.717, 1.165) is 6.54 Å². The van der Waals surface area contributed by atoms with E-state index in [9.17, 15) is 0 Å². The molecule has 0 aromatic heterocycles. The molecule has 1 N–H and O–H groups in total. The number of methoxy groups -OCH3 is 1. The Morgan fingerprint density at radius 3 is 2.42 bits per heavy atom. The highest BCUT2D eigenvalue weighted by molar-refractivity contribution is 5.37. The van der Waals surface area contributed by atoms with Gasteiger partial charge in [-0.25, -0.2) is 4.99 Å². The number of rotatable bonds is 8. The molecular formula is C10H22NO+. The third-order valence-electron chi connectivity index (χ3n) is 1.88. The summed E-state index contributed by atoms with van der Waals surface area (Å²) in [4.78, 5) is 3.08. The van der Waals surface area contributed by atoms with Gasteiger partial charge in [0.15, 0.2) is 0 Å². The molecule has 0 atom stereocenters. The Bertz CT molecular complexity index is 102. The summed E-state index contributed by atoms with van der Waals surface area (Å²) in [6.45, 7) is 3.29. The molecule has 0 rings (SSSR count). The standard InChI is InChI=1S/C10H21NO/c1-3-4-5-6-7-8-9-11-10-12-2/h10H,3-9H2,1-2H3/p+1. The summed E-state index contributed by atoms with van der Waals surface area (Å²) < 4.78 is 4.75. The minimum atomic E-state index is 1.04. The van der Waals surface area contributed by atoms with Crippen molar-refractivity contribution in [3.63, 3.8) is 0 Å². The molecule has 2 nitrogen and oxygen atoms in total. The minimum absolute atomic E-state index is 1.04. The molecule has 0 heterocycles. The number of nitrogens with one attached hydrogen (secondary N) is 1. The van der Waals surface area contributed by atoms with Crippen molar-refractivity contribution >= 4 is 6.40 Å². The lowest BCUT2D eigenvalue weighted by Crippen LogP contribution is -2.69. The first-order chi connectivity index (χ1) is 5.91. The Morgan fingerprint density at radius 2 is 1.75 bits per heavy atom. The molecule has 0 unspecified atom stereocenters. The third-order valence-corrected chi connectivity index (χ3v) is 1.88. The first kappa shape index (κ1) is 11.5. The van der Waals surface area contributed by atoms with Crippen LogP contribution >= 0.6 is 0 Å². The van der Waals surface area contributed by atoms with Crippen molar-refractivity contribution in [3.05, 3.63) is 0 Å². The Balaban J connectivity index is 2.86. The van der Waals surface area contributed by atoms with E-state index in [1.807, 2.05) is 0 Å². The summed E-state index contributed by atoms with van der Waals surface area (Å²) in [7, 11) is 1.66. The van der Waals surface area contributed by atoms with Crippen molar-refractivity contribution in [1.29, 1.82) is 0 Å². The fraction of sp³-hybridized carbons (Fsp3) is 0.900. The zero-order chi connectivity index (χ0) is 9.07. The molecule has 72 valence electrons. The van der Waals surface area contributed by atoms with Gasteiger partial charge in [-0.05, 0) is 6.42 Å². The summed E-state index contributed by atoms with van der Waals surface area (Å²) in [5.41, 5.74) is 0. The predicted octanol–water partition coefficient (Wildman–Crippen LogP) is 1.10. The van der Waals surface area contributed by atoms with Crippen LogP contribution in [-0.4, -0.2) is 20.1 Å². The van der Waals surface area contributed by atoms with Crippen LogP contribution in [0, 0.1) is 0 Å². The molecule has 0 saturated heterocycles. The summed E-state index contributed by atoms with van der Waals surface area (Å²) in [6, 6.07) is 0. The largest absolute Gasteiger partial charge is 0.454 e. The molecule has 0 fully saturated rings. The molecular weight excluding hydrogens is 150 g/mol. The van der Waals surface area contributed by atoms with Crippen LogP contribution in [-0.2, 0) is 4.74 Å². The van der Waals surface area contributed by atoms with E-state index in [4.69, 9.17) is 4.74 Å². The van der Waals surface area contributed by atoms with Gasteiger partial charge in [-0.15, -0.1) is 0 Å². The highest BCUT2D eigenvalue weighted by Crippen LogP contribution is 2.03. The normalized spacial score (nSPS) is 10.8. The van der Waals surface area contributed by atoms with Crippen molar-refractivity contribution < 1.29 is 9.73 Å². The van der Waals surface area contributed by atoms with E-state index in [0.29, 0.717) is 0 Å². The second-order valence-corrected chi connectivity index (χ2v) is 3.08. The predicted molar refractivity (Wildman–Crippen MR) is 52.3 cm³/mol. The van der Waals surface area contributed by atoms with Crippen molar-refractivity contribution in [1.82, 2.24) is 0 Å². The minimum Gasteiger partial charge on any atom is -0.454 e. The first-order valence-electron chi connectivity index (χ1n) is 4.99. The lowest BCUT2D eigenvalue weighted by molar-refractivity contribution is -0.461. The highest BCUT2D eigenvalue weighted by atomic mass is 16.5. The lowest BCUT2D eigenvalue weighted by Gasteiger charge is -1.95. The zero-order valence-corrected chi connectivity index (χ0v) is 8.44. The smallest absolute Gasteiger partial charge is 0.321 e. The maximum absolute atomic E-state index is 4.75. The molecule has 0 amide bonds. The molecule has 0 aromatic rings. The first-order valence-corrected chi connectivity index (χ1v) is 4.99. The number of unbranched alkanes of at least 4 members (excludes halogenated alkanes) is 5. The molecule has 0 aliphatic carbocycles. The van der Waals surface area contributed by atoms with Gasteiger partial charge in [-0.1, -0.05) is 32.6 Å². The summed E-state index contributed by atoms with van der Waals surface area (Å²) in [5.74, 6) is 0. The van der Waals surface area contributed by atoms with Gasteiger partial charge in [0.2, 0.25) is 0 Å². The molecule has 0 aliphatic rings. The quantitative estimate of drug-likeness (QED) is 0.331. The van der Waals surface area contributed by atoms with Crippen LogP contribution in [0.2, 0.25) is 0 Å². The molecule has 0 aromatic carbocycles. The topological polar surface area (TPSA) is 23.2 Å². The number of hydrogen-bond acceptors (Lipinski definition) is 1. The van der Waals surface area contributed by atoms with Crippen LogP contribution in [0.1, 0.15) is 45.4 Å². The monoisotopic (exact) mass is 172 g/mol.